The van der Waals surface area contributed by atoms with Gasteiger partial charge >= 0.3 is 0 Å². The quantitative estimate of drug-likeness (QED) is 0.174. The third-order valence-electron chi connectivity index (χ3n) is 7.40. The second-order valence-electron chi connectivity index (χ2n) is 11.7. The lowest BCUT2D eigenvalue weighted by atomic mass is 10.0. The van der Waals surface area contributed by atoms with Crippen molar-refractivity contribution in [2.24, 2.45) is 0 Å². The Morgan fingerprint density at radius 2 is 0.513 bits per heavy atom. The van der Waals surface area contributed by atoms with E-state index in [0.717, 1.165) is 0 Å². The molecule has 203 valence electrons. The van der Waals surface area contributed by atoms with Crippen LogP contribution in [0.25, 0.3) is 0 Å². The molecule has 0 aliphatic carbocycles. The minimum atomic E-state index is -0.887. The molecule has 0 aliphatic heterocycles. The van der Waals surface area contributed by atoms with Crippen LogP contribution in [0.2, 0.25) is 0 Å². The molecule has 1 nitrogen and oxygen atoms in total. The average Bonchev–Trinajstić information content (AvgIpc) is 2.94. The van der Waals surface area contributed by atoms with E-state index >= 15 is 0 Å². The highest BCUT2D eigenvalue weighted by molar-refractivity contribution is 7.85. The molecule has 3 heteroatoms. The molecule has 0 aliphatic rings. The minimum absolute atomic E-state index is 0.517. The maximum absolute atomic E-state index is 5.78. The van der Waals surface area contributed by atoms with E-state index in [-0.39, 0.29) is 0 Å². The second kappa shape index (κ2) is 13.4. The molecule has 0 spiro atoms. The van der Waals surface area contributed by atoms with Gasteiger partial charge in [-0.3, -0.25) is 0 Å². The molecule has 4 aromatic rings. The minimum Gasteiger partial charge on any atom is -0.173 e. The summed E-state index contributed by atoms with van der Waals surface area (Å²) >= 11 is 0. The highest BCUT2D eigenvalue weighted by Crippen LogP contribution is 2.45. The first-order valence-corrected chi connectivity index (χ1v) is 16.9. The summed E-state index contributed by atoms with van der Waals surface area (Å²) in [7, 11) is -1.77. The van der Waals surface area contributed by atoms with E-state index < -0.39 is 16.1 Å². The van der Waals surface area contributed by atoms with Crippen molar-refractivity contribution in [3.8, 4) is 0 Å². The standard InChI is InChI=1S/C36H44NP2/c1-25(2)29-9-17-33(18-10-29)38(34-19-11-30(12-20-34)26(3)4)37-39(35-21-13-31(14-22-35)27(5)6)36-23-15-32(16-24-36)28(7)8/h9-28H,1-8H3. The maximum Gasteiger partial charge on any atom is 0.0497 e. The summed E-state index contributed by atoms with van der Waals surface area (Å²) in [5, 5.41) is 5.27. The molecule has 1 radical (unpaired) electrons. The Labute approximate surface area is 240 Å². The highest BCUT2D eigenvalue weighted by atomic mass is 31.2. The number of hydrogen-bond acceptors (Lipinski definition) is 0. The summed E-state index contributed by atoms with van der Waals surface area (Å²) in [5.41, 5.74) is 5.50. The molecule has 0 fully saturated rings. The van der Waals surface area contributed by atoms with Gasteiger partial charge in [0.25, 0.3) is 0 Å². The summed E-state index contributed by atoms with van der Waals surface area (Å²) in [6, 6.07) is 36.9. The largest absolute Gasteiger partial charge is 0.173 e. The van der Waals surface area contributed by atoms with Gasteiger partial charge in [-0.15, -0.1) is 0 Å². The van der Waals surface area contributed by atoms with Crippen LogP contribution in [0.15, 0.2) is 97.1 Å². The molecule has 0 bridgehead atoms. The van der Waals surface area contributed by atoms with Crippen LogP contribution in [0.3, 0.4) is 0 Å². The topological polar surface area (TPSA) is 14.1 Å². The fourth-order valence-electron chi connectivity index (χ4n) is 4.60. The van der Waals surface area contributed by atoms with E-state index in [2.05, 4.69) is 152 Å². The van der Waals surface area contributed by atoms with E-state index in [9.17, 15) is 0 Å². The first-order valence-electron chi connectivity index (χ1n) is 14.4. The lowest BCUT2D eigenvalue weighted by Gasteiger charge is -2.26. The van der Waals surface area contributed by atoms with E-state index in [1.54, 1.807) is 0 Å². The monoisotopic (exact) mass is 552 g/mol. The van der Waals surface area contributed by atoms with Gasteiger partial charge in [0.1, 0.15) is 0 Å². The van der Waals surface area contributed by atoms with Crippen molar-refractivity contribution < 1.29 is 0 Å². The summed E-state index contributed by atoms with van der Waals surface area (Å²) in [6.45, 7) is 18.1. The van der Waals surface area contributed by atoms with E-state index in [4.69, 9.17) is 4.86 Å². The van der Waals surface area contributed by atoms with Gasteiger partial charge < -0.3 is 0 Å². The van der Waals surface area contributed by atoms with Crippen LogP contribution < -0.4 is 26.1 Å². The Morgan fingerprint density at radius 3 is 0.667 bits per heavy atom. The Kier molecular flexibility index (Phi) is 10.2. The van der Waals surface area contributed by atoms with Crippen molar-refractivity contribution in [2.75, 3.05) is 0 Å². The SMILES string of the molecule is CC(C)c1ccc(P([N]P(c2ccc(C(C)C)cc2)c2ccc(C(C)C)cc2)c2ccc(C(C)C)cc2)cc1. The van der Waals surface area contributed by atoms with Crippen LogP contribution in [-0.4, -0.2) is 0 Å². The zero-order valence-corrected chi connectivity index (χ0v) is 26.7. The molecule has 0 saturated heterocycles. The summed E-state index contributed by atoms with van der Waals surface area (Å²) < 4.78 is 0. The summed E-state index contributed by atoms with van der Waals surface area (Å²) in [5.74, 6) is 2.07. The molecule has 0 N–H and O–H groups in total. The number of benzene rings is 4. The molecule has 4 rings (SSSR count). The van der Waals surface area contributed by atoms with Crippen molar-refractivity contribution in [1.82, 2.24) is 4.86 Å². The van der Waals surface area contributed by atoms with Gasteiger partial charge in [-0.2, -0.15) is 4.86 Å². The zero-order valence-electron chi connectivity index (χ0n) is 24.9. The van der Waals surface area contributed by atoms with Crippen LogP contribution in [0, 0.1) is 0 Å². The van der Waals surface area contributed by atoms with Crippen LogP contribution in [0.1, 0.15) is 101 Å². The van der Waals surface area contributed by atoms with Crippen LogP contribution in [-0.2, 0) is 0 Å². The van der Waals surface area contributed by atoms with Crippen molar-refractivity contribution >= 4 is 37.4 Å². The first kappa shape index (κ1) is 29.7. The van der Waals surface area contributed by atoms with Gasteiger partial charge in [0, 0.05) is 16.1 Å². The third kappa shape index (κ3) is 7.46. The van der Waals surface area contributed by atoms with Crippen LogP contribution >= 0.6 is 16.1 Å². The molecular weight excluding hydrogens is 508 g/mol. The fourth-order valence-corrected chi connectivity index (χ4v) is 9.29. The van der Waals surface area contributed by atoms with Gasteiger partial charge in [-0.1, -0.05) is 152 Å². The maximum atomic E-state index is 5.78. The summed E-state index contributed by atoms with van der Waals surface area (Å²) in [4.78, 5) is 5.78. The molecular formula is C36H44NP2. The van der Waals surface area contributed by atoms with Crippen molar-refractivity contribution in [1.29, 1.82) is 0 Å². The van der Waals surface area contributed by atoms with E-state index in [1.165, 1.54) is 43.5 Å². The van der Waals surface area contributed by atoms with Crippen molar-refractivity contribution in [2.45, 2.75) is 79.1 Å². The normalized spacial score (nSPS) is 12.1. The Bertz CT molecular complexity index is 1090. The fraction of sp³-hybridized carbons (Fsp3) is 0.333. The number of nitrogens with zero attached hydrogens (tertiary/aromatic N) is 1. The first-order chi connectivity index (χ1) is 18.6. The van der Waals surface area contributed by atoms with E-state index in [0.29, 0.717) is 23.7 Å². The Balaban J connectivity index is 1.79. The molecule has 0 atom stereocenters. The summed E-state index contributed by atoms with van der Waals surface area (Å²) in [6.07, 6.45) is 0. The van der Waals surface area contributed by atoms with Gasteiger partial charge in [0.05, 0.1) is 0 Å². The predicted octanol–water partition coefficient (Wildman–Crippen LogP) is 9.18. The number of hydrogen-bond donors (Lipinski definition) is 0. The van der Waals surface area contributed by atoms with Gasteiger partial charge in [-0.05, 0) is 67.1 Å². The van der Waals surface area contributed by atoms with Crippen LogP contribution in [0.4, 0.5) is 0 Å². The highest BCUT2D eigenvalue weighted by Gasteiger charge is 2.24. The zero-order chi connectivity index (χ0) is 28.1. The van der Waals surface area contributed by atoms with Gasteiger partial charge in [0.15, 0.2) is 0 Å². The lowest BCUT2D eigenvalue weighted by Crippen LogP contribution is -2.24. The molecule has 39 heavy (non-hydrogen) atoms. The molecule has 0 amide bonds. The predicted molar refractivity (Wildman–Crippen MR) is 177 cm³/mol. The van der Waals surface area contributed by atoms with Gasteiger partial charge in [0.2, 0.25) is 0 Å². The lowest BCUT2D eigenvalue weighted by molar-refractivity contribution is 0.867. The van der Waals surface area contributed by atoms with Gasteiger partial charge in [-0.25, -0.2) is 0 Å². The van der Waals surface area contributed by atoms with Crippen LogP contribution in [0.5, 0.6) is 0 Å². The Morgan fingerprint density at radius 1 is 0.333 bits per heavy atom. The molecule has 4 aromatic carbocycles. The average molecular weight is 553 g/mol. The number of rotatable bonds is 10. The molecule has 0 saturated carbocycles. The Hall–Kier alpha value is -2.30. The van der Waals surface area contributed by atoms with E-state index in [1.807, 2.05) is 0 Å². The van der Waals surface area contributed by atoms with Crippen molar-refractivity contribution in [3.63, 3.8) is 0 Å². The molecule has 0 heterocycles. The third-order valence-corrected chi connectivity index (χ3v) is 12.0. The second-order valence-corrected chi connectivity index (χ2v) is 15.7. The molecule has 0 aromatic heterocycles. The van der Waals surface area contributed by atoms with Crippen molar-refractivity contribution in [3.05, 3.63) is 119 Å². The molecule has 0 unspecified atom stereocenters. The smallest absolute Gasteiger partial charge is 0.0497 e.